The van der Waals surface area contributed by atoms with Crippen LogP contribution >= 0.6 is 0 Å². The summed E-state index contributed by atoms with van der Waals surface area (Å²) in [4.78, 5) is 0. The van der Waals surface area contributed by atoms with Gasteiger partial charge in [-0.25, -0.2) is 0 Å². The minimum Gasteiger partial charge on any atom is -0.330 e. The first-order valence-electron chi connectivity index (χ1n) is 6.34. The lowest BCUT2D eigenvalue weighted by Crippen LogP contribution is -2.25. The molecule has 0 unspecified atom stereocenters. The molecule has 0 aromatic carbocycles. The van der Waals surface area contributed by atoms with Crippen LogP contribution in [0.25, 0.3) is 0 Å². The smallest absolute Gasteiger partial charge is 0.00205 e. The molecule has 3 N–H and O–H groups in total. The van der Waals surface area contributed by atoms with Crippen molar-refractivity contribution < 1.29 is 0 Å². The van der Waals surface area contributed by atoms with Gasteiger partial charge in [-0.15, -0.1) is 0 Å². The van der Waals surface area contributed by atoms with Crippen LogP contribution in [0.4, 0.5) is 0 Å². The van der Waals surface area contributed by atoms with Crippen LogP contribution in [0.2, 0.25) is 0 Å². The Hall–Kier alpha value is -0.0800. The normalized spacial score (nSPS) is 20.4. The molecule has 84 valence electrons. The third-order valence-corrected chi connectivity index (χ3v) is 3.22. The average Bonchev–Trinajstić information content (AvgIpc) is 2.15. The van der Waals surface area contributed by atoms with Crippen LogP contribution in [0.1, 0.15) is 51.4 Å². The third-order valence-electron chi connectivity index (χ3n) is 3.22. The summed E-state index contributed by atoms with van der Waals surface area (Å²) in [6.07, 6.45) is 11.3. The van der Waals surface area contributed by atoms with Crippen molar-refractivity contribution in [2.75, 3.05) is 19.6 Å². The first-order valence-corrected chi connectivity index (χ1v) is 6.34. The molecule has 0 aliphatic heterocycles. The molecule has 1 saturated carbocycles. The largest absolute Gasteiger partial charge is 0.330 e. The maximum absolute atomic E-state index is 5.45. The van der Waals surface area contributed by atoms with Crippen LogP contribution in [-0.2, 0) is 0 Å². The molecule has 14 heavy (non-hydrogen) atoms. The zero-order chi connectivity index (χ0) is 10.1. The Balaban J connectivity index is 2.02. The Morgan fingerprint density at radius 1 is 1.00 bits per heavy atom. The third kappa shape index (κ3) is 5.61. The van der Waals surface area contributed by atoms with E-state index in [-0.39, 0.29) is 0 Å². The number of rotatable bonds is 5. The zero-order valence-electron chi connectivity index (χ0n) is 9.43. The van der Waals surface area contributed by atoms with E-state index in [4.69, 9.17) is 5.73 Å². The summed E-state index contributed by atoms with van der Waals surface area (Å²) in [6, 6.07) is 0. The maximum Gasteiger partial charge on any atom is -0.00205 e. The Labute approximate surface area is 88.6 Å². The van der Waals surface area contributed by atoms with Crippen LogP contribution in [0.15, 0.2) is 0 Å². The van der Waals surface area contributed by atoms with E-state index in [2.05, 4.69) is 5.32 Å². The molecular formula is C12H26N2. The van der Waals surface area contributed by atoms with Crippen LogP contribution in [0.3, 0.4) is 0 Å². The van der Waals surface area contributed by atoms with Crippen LogP contribution < -0.4 is 11.1 Å². The second-order valence-electron chi connectivity index (χ2n) is 4.56. The molecule has 0 atom stereocenters. The van der Waals surface area contributed by atoms with Crippen molar-refractivity contribution in [3.8, 4) is 0 Å². The highest BCUT2D eigenvalue weighted by atomic mass is 14.9. The number of hydrogen-bond donors (Lipinski definition) is 2. The minimum absolute atomic E-state index is 0.817. The first kappa shape index (κ1) is 12.0. The topological polar surface area (TPSA) is 38.0 Å². The van der Waals surface area contributed by atoms with Crippen molar-refractivity contribution in [3.05, 3.63) is 0 Å². The van der Waals surface area contributed by atoms with E-state index in [9.17, 15) is 0 Å². The molecular weight excluding hydrogens is 172 g/mol. The Morgan fingerprint density at radius 3 is 2.29 bits per heavy atom. The van der Waals surface area contributed by atoms with Gasteiger partial charge in [-0.2, -0.15) is 0 Å². The fraction of sp³-hybridized carbons (Fsp3) is 1.00. The summed E-state index contributed by atoms with van der Waals surface area (Å²) >= 11 is 0. The second-order valence-corrected chi connectivity index (χ2v) is 4.56. The summed E-state index contributed by atoms with van der Waals surface area (Å²) in [5, 5.41) is 3.52. The van der Waals surface area contributed by atoms with Crippen molar-refractivity contribution in [3.63, 3.8) is 0 Å². The highest BCUT2D eigenvalue weighted by Gasteiger charge is 2.10. The summed E-state index contributed by atoms with van der Waals surface area (Å²) in [6.45, 7) is 3.14. The molecule has 0 heterocycles. The number of nitrogens with two attached hydrogens (primary N) is 1. The lowest BCUT2D eigenvalue weighted by Gasteiger charge is -2.19. The van der Waals surface area contributed by atoms with E-state index >= 15 is 0 Å². The van der Waals surface area contributed by atoms with Crippen LogP contribution in [0, 0.1) is 5.92 Å². The van der Waals surface area contributed by atoms with Gasteiger partial charge in [-0.05, 0) is 44.8 Å². The summed E-state index contributed by atoms with van der Waals surface area (Å²) in [5.74, 6) is 0.938. The highest BCUT2D eigenvalue weighted by Crippen LogP contribution is 2.21. The van der Waals surface area contributed by atoms with Crippen LogP contribution in [-0.4, -0.2) is 19.6 Å². The van der Waals surface area contributed by atoms with Gasteiger partial charge < -0.3 is 11.1 Å². The molecule has 1 rings (SSSR count). The highest BCUT2D eigenvalue weighted by molar-refractivity contribution is 4.66. The van der Waals surface area contributed by atoms with E-state index in [1.807, 2.05) is 0 Å². The van der Waals surface area contributed by atoms with Gasteiger partial charge in [0.1, 0.15) is 0 Å². The van der Waals surface area contributed by atoms with Gasteiger partial charge in [-0.3, -0.25) is 0 Å². The van der Waals surface area contributed by atoms with Gasteiger partial charge in [0.25, 0.3) is 0 Å². The van der Waals surface area contributed by atoms with Gasteiger partial charge in [0, 0.05) is 0 Å². The van der Waals surface area contributed by atoms with E-state index in [0.717, 1.165) is 25.4 Å². The van der Waals surface area contributed by atoms with E-state index in [0.29, 0.717) is 0 Å². The standard InChI is InChI=1S/C12H26N2/c13-9-6-10-14-11-12-7-4-2-1-3-5-8-12/h12,14H,1-11,13H2. The molecule has 0 aromatic rings. The predicted octanol–water partition coefficient (Wildman–Crippen LogP) is 2.29. The van der Waals surface area contributed by atoms with Crippen molar-refractivity contribution in [2.24, 2.45) is 11.7 Å². The lowest BCUT2D eigenvalue weighted by molar-refractivity contribution is 0.361. The minimum atomic E-state index is 0.817. The van der Waals surface area contributed by atoms with Gasteiger partial charge in [0.05, 0.1) is 0 Å². The van der Waals surface area contributed by atoms with Crippen molar-refractivity contribution >= 4 is 0 Å². The molecule has 2 heteroatoms. The number of hydrogen-bond acceptors (Lipinski definition) is 2. The van der Waals surface area contributed by atoms with E-state index in [1.54, 1.807) is 0 Å². The lowest BCUT2D eigenvalue weighted by atomic mass is 9.91. The molecule has 0 aromatic heterocycles. The number of nitrogens with one attached hydrogen (secondary N) is 1. The zero-order valence-corrected chi connectivity index (χ0v) is 9.43. The summed E-state index contributed by atoms with van der Waals surface area (Å²) in [5.41, 5.74) is 5.45. The van der Waals surface area contributed by atoms with Crippen molar-refractivity contribution in [2.45, 2.75) is 51.4 Å². The average molecular weight is 198 g/mol. The Kier molecular flexibility index (Phi) is 7.06. The van der Waals surface area contributed by atoms with Crippen molar-refractivity contribution in [1.82, 2.24) is 5.32 Å². The molecule has 2 nitrogen and oxygen atoms in total. The maximum atomic E-state index is 5.45. The molecule has 1 fully saturated rings. The Morgan fingerprint density at radius 2 is 1.64 bits per heavy atom. The quantitative estimate of drug-likeness (QED) is 0.665. The molecule has 0 saturated heterocycles. The van der Waals surface area contributed by atoms with E-state index < -0.39 is 0 Å². The Bertz CT molecular complexity index is 117. The molecule has 0 amide bonds. The fourth-order valence-corrected chi connectivity index (χ4v) is 2.28. The van der Waals surface area contributed by atoms with Crippen molar-refractivity contribution in [1.29, 1.82) is 0 Å². The molecule has 0 radical (unpaired) electrons. The van der Waals surface area contributed by atoms with Crippen LogP contribution in [0.5, 0.6) is 0 Å². The first-order chi connectivity index (χ1) is 6.93. The molecule has 0 spiro atoms. The van der Waals surface area contributed by atoms with Gasteiger partial charge in [0.2, 0.25) is 0 Å². The monoisotopic (exact) mass is 198 g/mol. The van der Waals surface area contributed by atoms with Gasteiger partial charge in [0.15, 0.2) is 0 Å². The van der Waals surface area contributed by atoms with Gasteiger partial charge >= 0.3 is 0 Å². The predicted molar refractivity (Wildman–Crippen MR) is 62.4 cm³/mol. The summed E-state index contributed by atoms with van der Waals surface area (Å²) < 4.78 is 0. The summed E-state index contributed by atoms with van der Waals surface area (Å²) in [7, 11) is 0. The molecule has 1 aliphatic rings. The van der Waals surface area contributed by atoms with E-state index in [1.165, 1.54) is 51.5 Å². The SMILES string of the molecule is NCCCNCC1CCCCCCC1. The second kappa shape index (κ2) is 8.25. The molecule has 1 aliphatic carbocycles. The van der Waals surface area contributed by atoms with Gasteiger partial charge in [-0.1, -0.05) is 32.1 Å². The molecule has 0 bridgehead atoms. The fourth-order valence-electron chi connectivity index (χ4n) is 2.28.